The van der Waals surface area contributed by atoms with Crippen LogP contribution in [-0.2, 0) is 0 Å². The molecule has 0 fully saturated rings. The zero-order valence-electron chi connectivity index (χ0n) is 11.3. The van der Waals surface area contributed by atoms with Gasteiger partial charge in [0.15, 0.2) is 0 Å². The Bertz CT molecular complexity index is 590. The standard InChI is InChI=1S/C15H16N2O2S/c1-3-9-19-12-7-5-11(6-8-12)15-17-13(10-20-15)14(18)16-4-2/h3,5-8,10H,1,4,9H2,2H3,(H,16,18). The van der Waals surface area contributed by atoms with Gasteiger partial charge in [0.1, 0.15) is 23.1 Å². The molecule has 1 amide bonds. The van der Waals surface area contributed by atoms with E-state index in [1.54, 1.807) is 11.5 Å². The highest BCUT2D eigenvalue weighted by Gasteiger charge is 2.10. The molecule has 4 nitrogen and oxygen atoms in total. The maximum atomic E-state index is 11.7. The van der Waals surface area contributed by atoms with Crippen LogP contribution in [0.25, 0.3) is 10.6 Å². The van der Waals surface area contributed by atoms with Crippen LogP contribution < -0.4 is 10.1 Å². The number of hydrogen-bond donors (Lipinski definition) is 1. The average molecular weight is 288 g/mol. The molecular weight excluding hydrogens is 272 g/mol. The Morgan fingerprint density at radius 1 is 1.45 bits per heavy atom. The molecule has 0 atom stereocenters. The molecule has 0 radical (unpaired) electrons. The van der Waals surface area contributed by atoms with Crippen LogP contribution in [-0.4, -0.2) is 24.0 Å². The van der Waals surface area contributed by atoms with Gasteiger partial charge < -0.3 is 10.1 Å². The highest BCUT2D eigenvalue weighted by atomic mass is 32.1. The summed E-state index contributed by atoms with van der Waals surface area (Å²) in [6, 6.07) is 7.62. The number of carbonyl (C=O) groups excluding carboxylic acids is 1. The van der Waals surface area contributed by atoms with Crippen LogP contribution in [0.15, 0.2) is 42.3 Å². The van der Waals surface area contributed by atoms with E-state index >= 15 is 0 Å². The molecule has 1 N–H and O–H groups in total. The lowest BCUT2D eigenvalue weighted by Crippen LogP contribution is -2.22. The lowest BCUT2D eigenvalue weighted by atomic mass is 10.2. The van der Waals surface area contributed by atoms with Gasteiger partial charge in [-0.15, -0.1) is 11.3 Å². The molecular formula is C15H16N2O2S. The van der Waals surface area contributed by atoms with Crippen LogP contribution >= 0.6 is 11.3 Å². The number of thiazole rings is 1. The summed E-state index contributed by atoms with van der Waals surface area (Å²) in [5.41, 5.74) is 1.43. The molecule has 0 saturated heterocycles. The Kier molecular flexibility index (Phi) is 4.90. The Balaban J connectivity index is 2.11. The Morgan fingerprint density at radius 2 is 2.20 bits per heavy atom. The van der Waals surface area contributed by atoms with E-state index in [1.807, 2.05) is 31.2 Å². The fourth-order valence-corrected chi connectivity index (χ4v) is 2.42. The molecule has 0 unspecified atom stereocenters. The topological polar surface area (TPSA) is 51.2 Å². The first-order valence-electron chi connectivity index (χ1n) is 6.32. The first-order chi connectivity index (χ1) is 9.74. The number of amides is 1. The van der Waals surface area contributed by atoms with Crippen molar-refractivity contribution in [1.29, 1.82) is 0 Å². The van der Waals surface area contributed by atoms with Gasteiger partial charge in [0.05, 0.1) is 0 Å². The molecule has 0 saturated carbocycles. The Morgan fingerprint density at radius 3 is 2.85 bits per heavy atom. The second-order valence-corrected chi connectivity index (χ2v) is 4.88. The summed E-state index contributed by atoms with van der Waals surface area (Å²) in [5.74, 6) is 0.648. The second kappa shape index (κ2) is 6.86. The molecule has 20 heavy (non-hydrogen) atoms. The predicted molar refractivity (Wildman–Crippen MR) is 81.2 cm³/mol. The van der Waals surface area contributed by atoms with E-state index in [2.05, 4.69) is 16.9 Å². The third kappa shape index (κ3) is 3.45. The lowest BCUT2D eigenvalue weighted by molar-refractivity contribution is 0.0951. The number of hydrogen-bond acceptors (Lipinski definition) is 4. The normalized spacial score (nSPS) is 10.1. The number of nitrogens with one attached hydrogen (secondary N) is 1. The summed E-state index contributed by atoms with van der Waals surface area (Å²) >= 11 is 1.45. The number of carbonyl (C=O) groups is 1. The molecule has 1 aromatic carbocycles. The fraction of sp³-hybridized carbons (Fsp3) is 0.200. The summed E-state index contributed by atoms with van der Waals surface area (Å²) in [6.45, 7) is 6.57. The Hall–Kier alpha value is -2.14. The van der Waals surface area contributed by atoms with Crippen molar-refractivity contribution < 1.29 is 9.53 Å². The number of nitrogens with zero attached hydrogens (tertiary/aromatic N) is 1. The van der Waals surface area contributed by atoms with Crippen molar-refractivity contribution in [2.24, 2.45) is 0 Å². The van der Waals surface area contributed by atoms with Crippen molar-refractivity contribution in [2.45, 2.75) is 6.92 Å². The summed E-state index contributed by atoms with van der Waals surface area (Å²) in [5, 5.41) is 5.32. The van der Waals surface area contributed by atoms with Gasteiger partial charge in [-0.05, 0) is 31.2 Å². The van der Waals surface area contributed by atoms with E-state index in [4.69, 9.17) is 4.74 Å². The van der Waals surface area contributed by atoms with E-state index in [0.717, 1.165) is 16.3 Å². The average Bonchev–Trinajstić information content (AvgIpc) is 2.96. The minimum Gasteiger partial charge on any atom is -0.490 e. The molecule has 0 spiro atoms. The molecule has 0 bridgehead atoms. The third-order valence-corrected chi connectivity index (χ3v) is 3.43. The van der Waals surface area contributed by atoms with Gasteiger partial charge in [-0.1, -0.05) is 12.7 Å². The molecule has 0 aliphatic rings. The van der Waals surface area contributed by atoms with Crippen molar-refractivity contribution >= 4 is 17.2 Å². The molecule has 2 rings (SSSR count). The van der Waals surface area contributed by atoms with Gasteiger partial charge in [0, 0.05) is 17.5 Å². The van der Waals surface area contributed by atoms with Gasteiger partial charge >= 0.3 is 0 Å². The van der Waals surface area contributed by atoms with Crippen LogP contribution in [0.3, 0.4) is 0 Å². The highest BCUT2D eigenvalue weighted by molar-refractivity contribution is 7.13. The molecule has 2 aromatic rings. The maximum Gasteiger partial charge on any atom is 0.270 e. The minimum absolute atomic E-state index is 0.138. The van der Waals surface area contributed by atoms with E-state index in [0.29, 0.717) is 18.8 Å². The molecule has 0 aliphatic carbocycles. The van der Waals surface area contributed by atoms with Crippen LogP contribution in [0.5, 0.6) is 5.75 Å². The summed E-state index contributed by atoms with van der Waals surface area (Å²) in [6.07, 6.45) is 1.70. The van der Waals surface area contributed by atoms with Crippen molar-refractivity contribution in [3.8, 4) is 16.3 Å². The SMILES string of the molecule is C=CCOc1ccc(-c2nc(C(=O)NCC)cs2)cc1. The second-order valence-electron chi connectivity index (χ2n) is 4.02. The highest BCUT2D eigenvalue weighted by Crippen LogP contribution is 2.25. The zero-order valence-corrected chi connectivity index (χ0v) is 12.1. The third-order valence-electron chi connectivity index (χ3n) is 2.54. The van der Waals surface area contributed by atoms with Crippen molar-refractivity contribution in [2.75, 3.05) is 13.2 Å². The summed E-state index contributed by atoms with van der Waals surface area (Å²) in [4.78, 5) is 16.0. The number of ether oxygens (including phenoxy) is 1. The molecule has 1 heterocycles. The summed E-state index contributed by atoms with van der Waals surface area (Å²) < 4.78 is 5.42. The molecule has 104 valence electrons. The van der Waals surface area contributed by atoms with E-state index < -0.39 is 0 Å². The predicted octanol–water partition coefficient (Wildman–Crippen LogP) is 3.12. The van der Waals surface area contributed by atoms with Gasteiger partial charge in [-0.3, -0.25) is 4.79 Å². The van der Waals surface area contributed by atoms with Gasteiger partial charge in [0.2, 0.25) is 0 Å². The van der Waals surface area contributed by atoms with E-state index in [1.165, 1.54) is 11.3 Å². The first-order valence-corrected chi connectivity index (χ1v) is 7.20. The smallest absolute Gasteiger partial charge is 0.270 e. The monoisotopic (exact) mass is 288 g/mol. The maximum absolute atomic E-state index is 11.7. The fourth-order valence-electron chi connectivity index (χ4n) is 1.61. The van der Waals surface area contributed by atoms with Crippen LogP contribution in [0, 0.1) is 0 Å². The Labute approximate surface area is 122 Å². The quantitative estimate of drug-likeness (QED) is 0.831. The largest absolute Gasteiger partial charge is 0.490 e. The number of aromatic nitrogens is 1. The van der Waals surface area contributed by atoms with Crippen molar-refractivity contribution in [3.05, 3.63) is 48.0 Å². The van der Waals surface area contributed by atoms with Crippen molar-refractivity contribution in [3.63, 3.8) is 0 Å². The molecule has 1 aromatic heterocycles. The first kappa shape index (κ1) is 14.3. The minimum atomic E-state index is -0.138. The van der Waals surface area contributed by atoms with E-state index in [-0.39, 0.29) is 5.91 Å². The summed E-state index contributed by atoms with van der Waals surface area (Å²) in [7, 11) is 0. The van der Waals surface area contributed by atoms with Crippen LogP contribution in [0.1, 0.15) is 17.4 Å². The zero-order chi connectivity index (χ0) is 14.4. The van der Waals surface area contributed by atoms with Gasteiger partial charge in [-0.2, -0.15) is 0 Å². The lowest BCUT2D eigenvalue weighted by Gasteiger charge is -2.03. The number of rotatable bonds is 6. The van der Waals surface area contributed by atoms with Crippen molar-refractivity contribution in [1.82, 2.24) is 10.3 Å². The molecule has 5 heteroatoms. The van der Waals surface area contributed by atoms with Gasteiger partial charge in [0.25, 0.3) is 5.91 Å². The van der Waals surface area contributed by atoms with E-state index in [9.17, 15) is 4.79 Å². The van der Waals surface area contributed by atoms with Gasteiger partial charge in [-0.25, -0.2) is 4.98 Å². The van der Waals surface area contributed by atoms with Crippen LogP contribution in [0.2, 0.25) is 0 Å². The number of benzene rings is 1. The van der Waals surface area contributed by atoms with Crippen LogP contribution in [0.4, 0.5) is 0 Å². The molecule has 0 aliphatic heterocycles.